The monoisotopic (exact) mass is 1190 g/mol. The summed E-state index contributed by atoms with van der Waals surface area (Å²) in [4.78, 5) is 44.1. The molecule has 0 spiro atoms. The maximum absolute atomic E-state index is 14.3. The molecule has 0 aliphatic carbocycles. The van der Waals surface area contributed by atoms with E-state index in [4.69, 9.17) is 18.3 Å². The number of amides is 2. The van der Waals surface area contributed by atoms with Crippen molar-refractivity contribution >= 4 is 45.0 Å². The molecule has 2 fully saturated rings. The van der Waals surface area contributed by atoms with E-state index in [0.29, 0.717) is 69.4 Å². The predicted octanol–water partition coefficient (Wildman–Crippen LogP) is 10.7. The largest absolute Gasteiger partial charge is 0.497 e. The fraction of sp³-hybridized carbons (Fsp3) is 0.323. The molecule has 18 nitrogen and oxygen atoms in total. The van der Waals surface area contributed by atoms with Crippen molar-refractivity contribution in [2.24, 2.45) is 0 Å². The van der Waals surface area contributed by atoms with Gasteiger partial charge >= 0.3 is 12.4 Å². The van der Waals surface area contributed by atoms with Crippen LogP contribution >= 0.6 is 0 Å². The molecule has 2 amide bonds. The maximum Gasteiger partial charge on any atom is 0.433 e. The highest BCUT2D eigenvalue weighted by Gasteiger charge is 2.42. The molecular weight excluding hydrogens is 1130 g/mol. The SMILES string of the molecule is COc1ccc(-c2nc3c(C(=O)N4CCN([C@@H](CO)c5cc6ccccc6o5)C[C@H]4C)cnn3c(C(F)(F)F)c2C)cc1.COc1ccc(-c2nc3c(C(=O)N4CCN([C@H](CO)c5cc6ccccc6o5)C[C@H]4C)cnn3c(C(F)(F)F)c2C)cc1. The van der Waals surface area contributed by atoms with Crippen molar-refractivity contribution in [1.82, 2.24) is 48.8 Å². The first kappa shape index (κ1) is 58.9. The maximum atomic E-state index is 14.3. The summed E-state index contributed by atoms with van der Waals surface area (Å²) in [7, 11) is 3.00. The highest BCUT2D eigenvalue weighted by molar-refractivity contribution is 6.01. The summed E-state index contributed by atoms with van der Waals surface area (Å²) in [5, 5.41) is 30.3. The van der Waals surface area contributed by atoms with Gasteiger partial charge < -0.3 is 38.3 Å². The van der Waals surface area contributed by atoms with Crippen LogP contribution in [0.3, 0.4) is 0 Å². The Morgan fingerprint density at radius 1 is 0.581 bits per heavy atom. The van der Waals surface area contributed by atoms with Crippen molar-refractivity contribution in [3.05, 3.63) is 167 Å². The highest BCUT2D eigenvalue weighted by Crippen LogP contribution is 2.40. The van der Waals surface area contributed by atoms with E-state index in [-0.39, 0.29) is 83.3 Å². The van der Waals surface area contributed by atoms with Crippen LogP contribution in [0.4, 0.5) is 26.3 Å². The van der Waals surface area contributed by atoms with Gasteiger partial charge in [-0.25, -0.2) is 19.0 Å². The molecule has 24 heteroatoms. The number of piperazine rings is 2. The molecule has 0 radical (unpaired) electrons. The van der Waals surface area contributed by atoms with Gasteiger partial charge in [-0.1, -0.05) is 36.4 Å². The molecule has 10 aromatic rings. The van der Waals surface area contributed by atoms with Crippen LogP contribution in [0.2, 0.25) is 0 Å². The van der Waals surface area contributed by atoms with E-state index in [1.807, 2.05) is 84.3 Å². The fourth-order valence-corrected chi connectivity index (χ4v) is 11.7. The number of fused-ring (bicyclic) bond motifs is 4. The lowest BCUT2D eigenvalue weighted by molar-refractivity contribution is -0.144. The Hall–Kier alpha value is -8.84. The molecule has 0 bridgehead atoms. The molecule has 8 heterocycles. The topological polar surface area (TPSA) is 193 Å². The molecule has 2 N–H and O–H groups in total. The van der Waals surface area contributed by atoms with Crippen molar-refractivity contribution in [3.8, 4) is 34.0 Å². The summed E-state index contributed by atoms with van der Waals surface area (Å²) in [5.74, 6) is 1.44. The zero-order valence-corrected chi connectivity index (χ0v) is 47.6. The third-order valence-corrected chi connectivity index (χ3v) is 16.1. The number of aliphatic hydroxyl groups excluding tert-OH is 2. The number of halogens is 6. The number of ether oxygens (including phenoxy) is 2. The number of methoxy groups -OCH3 is 2. The quantitative estimate of drug-likeness (QED) is 0.110. The molecular formula is C62H60F6N10O8. The number of benzene rings is 4. The van der Waals surface area contributed by atoms with E-state index >= 15 is 0 Å². The molecule has 0 unspecified atom stereocenters. The first-order valence-corrected chi connectivity index (χ1v) is 27.7. The van der Waals surface area contributed by atoms with Gasteiger partial charge in [-0.15, -0.1) is 0 Å². The summed E-state index contributed by atoms with van der Waals surface area (Å²) in [6.07, 6.45) is -7.18. The molecule has 4 atom stereocenters. The van der Waals surface area contributed by atoms with Crippen molar-refractivity contribution in [3.63, 3.8) is 0 Å². The second kappa shape index (κ2) is 23.6. The van der Waals surface area contributed by atoms with E-state index < -0.39 is 47.6 Å². The van der Waals surface area contributed by atoms with Crippen LogP contribution in [0.25, 0.3) is 55.7 Å². The molecule has 2 aliphatic rings. The van der Waals surface area contributed by atoms with Crippen LogP contribution in [0, 0.1) is 13.8 Å². The smallest absolute Gasteiger partial charge is 0.433 e. The Morgan fingerprint density at radius 2 is 0.953 bits per heavy atom. The van der Waals surface area contributed by atoms with Crippen molar-refractivity contribution in [1.29, 1.82) is 0 Å². The minimum absolute atomic E-state index is 0.0171. The third kappa shape index (κ3) is 11.1. The molecule has 2 aliphatic heterocycles. The number of nitrogens with zero attached hydrogens (tertiary/aromatic N) is 10. The van der Waals surface area contributed by atoms with E-state index in [1.165, 1.54) is 28.1 Å². The second-order valence-electron chi connectivity index (χ2n) is 21.4. The van der Waals surface area contributed by atoms with Gasteiger partial charge in [0.25, 0.3) is 11.8 Å². The van der Waals surface area contributed by atoms with Crippen LogP contribution in [0.5, 0.6) is 11.5 Å². The third-order valence-electron chi connectivity index (χ3n) is 16.1. The first-order chi connectivity index (χ1) is 41.2. The Balaban J connectivity index is 0.000000179. The number of hydrogen-bond donors (Lipinski definition) is 2. The van der Waals surface area contributed by atoms with Gasteiger partial charge in [-0.05, 0) is 100 Å². The molecule has 4 aromatic carbocycles. The zero-order valence-electron chi connectivity index (χ0n) is 47.6. The van der Waals surface area contributed by atoms with E-state index in [0.717, 1.165) is 34.3 Å². The fourth-order valence-electron chi connectivity index (χ4n) is 11.7. The van der Waals surface area contributed by atoms with Crippen molar-refractivity contribution in [2.75, 3.05) is 66.7 Å². The molecule has 448 valence electrons. The minimum Gasteiger partial charge on any atom is -0.497 e. The standard InChI is InChI=1S/2C31H30F3N5O4/c2*1-18-16-37(24(17-40)26-14-21-6-4-5-7-25(21)43-26)12-13-38(18)30(41)23-15-35-39-28(31(32,33)34)19(2)27(36-29(23)39)20-8-10-22(42-3)11-9-20/h2*4-11,14-15,18,24,40H,12-13,16-17H2,1-3H3/t18-,24+;18-,24-/m11/s1. The number of carbonyl (C=O) groups is 2. The first-order valence-electron chi connectivity index (χ1n) is 27.7. The van der Waals surface area contributed by atoms with Gasteiger partial charge in [0.1, 0.15) is 45.3 Å². The molecule has 86 heavy (non-hydrogen) atoms. The summed E-state index contributed by atoms with van der Waals surface area (Å²) >= 11 is 0. The molecule has 0 saturated carbocycles. The van der Waals surface area contributed by atoms with Crippen molar-refractivity contribution < 1.29 is 64.5 Å². The Morgan fingerprint density at radius 3 is 1.28 bits per heavy atom. The lowest BCUT2D eigenvalue weighted by atomic mass is 10.0. The highest BCUT2D eigenvalue weighted by atomic mass is 19.4. The predicted molar refractivity (Wildman–Crippen MR) is 306 cm³/mol. The number of carbonyl (C=O) groups excluding carboxylic acids is 2. The van der Waals surface area contributed by atoms with Gasteiger partial charge in [0.05, 0.1) is 63.3 Å². The Bertz CT molecular complexity index is 3790. The number of alkyl halides is 6. The number of aromatic nitrogens is 6. The second-order valence-corrected chi connectivity index (χ2v) is 21.4. The Kier molecular flexibility index (Phi) is 16.1. The van der Waals surface area contributed by atoms with Crippen LogP contribution in [0.15, 0.2) is 130 Å². The van der Waals surface area contributed by atoms with E-state index in [9.17, 15) is 46.1 Å². The summed E-state index contributed by atoms with van der Waals surface area (Å²) in [5.41, 5.74) is 0.00570. The molecule has 2 saturated heterocycles. The average molecular weight is 1190 g/mol. The zero-order chi connectivity index (χ0) is 60.9. The molecule has 12 rings (SSSR count). The van der Waals surface area contributed by atoms with Crippen LogP contribution < -0.4 is 9.47 Å². The molecule has 6 aromatic heterocycles. The summed E-state index contributed by atoms with van der Waals surface area (Å²) in [6, 6.07) is 30.6. The van der Waals surface area contributed by atoms with Gasteiger partial charge in [-0.3, -0.25) is 19.4 Å². The normalized spacial score (nSPS) is 17.1. The minimum atomic E-state index is -4.74. The van der Waals surface area contributed by atoms with Crippen LogP contribution in [-0.2, 0) is 12.4 Å². The summed E-state index contributed by atoms with van der Waals surface area (Å²) in [6.45, 7) is 8.35. The van der Waals surface area contributed by atoms with Gasteiger partial charge in [0, 0.05) is 84.4 Å². The lowest BCUT2D eigenvalue weighted by Gasteiger charge is -2.42. The Labute approximate surface area is 488 Å². The van der Waals surface area contributed by atoms with Crippen LogP contribution in [-0.4, -0.2) is 150 Å². The van der Waals surface area contributed by atoms with Gasteiger partial charge in [-0.2, -0.15) is 36.5 Å². The lowest BCUT2D eigenvalue weighted by Crippen LogP contribution is -2.55. The average Bonchev–Trinajstić information content (AvgIpc) is 1.54. The number of para-hydroxylation sites is 2. The number of furan rings is 2. The van der Waals surface area contributed by atoms with Gasteiger partial charge in [0.2, 0.25) is 0 Å². The number of hydrogen-bond acceptors (Lipinski definition) is 14. The summed E-state index contributed by atoms with van der Waals surface area (Å²) < 4.78 is 110. The van der Waals surface area contributed by atoms with Crippen molar-refractivity contribution in [2.45, 2.75) is 64.2 Å². The van der Waals surface area contributed by atoms with Gasteiger partial charge in [0.15, 0.2) is 22.7 Å². The van der Waals surface area contributed by atoms with E-state index in [2.05, 4.69) is 20.2 Å². The number of aliphatic hydroxyl groups is 2. The van der Waals surface area contributed by atoms with Crippen LogP contribution in [0.1, 0.15) is 80.7 Å². The van der Waals surface area contributed by atoms with E-state index in [1.54, 1.807) is 58.3 Å². The number of rotatable bonds is 12.